The predicted octanol–water partition coefficient (Wildman–Crippen LogP) is 3.79. The van der Waals surface area contributed by atoms with Crippen molar-refractivity contribution in [1.82, 2.24) is 0 Å². The first-order chi connectivity index (χ1) is 8.99. The first kappa shape index (κ1) is 15.7. The highest BCUT2D eigenvalue weighted by molar-refractivity contribution is 7.16. The lowest BCUT2D eigenvalue weighted by Crippen LogP contribution is -2.13. The van der Waals surface area contributed by atoms with Crippen molar-refractivity contribution in [1.29, 1.82) is 0 Å². The molecule has 1 heterocycles. The molecule has 0 fully saturated rings. The Hall–Kier alpha value is -1.36. The third-order valence-electron chi connectivity index (χ3n) is 2.55. The number of thiophene rings is 1. The van der Waals surface area contributed by atoms with Crippen LogP contribution in [0.3, 0.4) is 0 Å². The number of amides is 1. The quantitative estimate of drug-likeness (QED) is 0.808. The van der Waals surface area contributed by atoms with Crippen molar-refractivity contribution in [2.75, 3.05) is 11.9 Å². The summed E-state index contributed by atoms with van der Waals surface area (Å²) in [6.07, 6.45) is 1.24. The van der Waals surface area contributed by atoms with E-state index in [1.165, 1.54) is 11.3 Å². The molecule has 0 atom stereocenters. The van der Waals surface area contributed by atoms with E-state index in [0.29, 0.717) is 29.5 Å². The first-order valence-electron chi connectivity index (χ1n) is 6.60. The third-order valence-corrected chi connectivity index (χ3v) is 3.90. The van der Waals surface area contributed by atoms with Crippen molar-refractivity contribution in [2.24, 2.45) is 0 Å². The van der Waals surface area contributed by atoms with E-state index in [-0.39, 0.29) is 11.9 Å². The fraction of sp³-hybridized carbons (Fsp3) is 0.571. The summed E-state index contributed by atoms with van der Waals surface area (Å²) in [4.78, 5) is 24.6. The van der Waals surface area contributed by atoms with Crippen molar-refractivity contribution < 1.29 is 14.3 Å². The molecule has 1 aromatic rings. The Morgan fingerprint density at radius 3 is 2.58 bits per heavy atom. The Morgan fingerprint density at radius 1 is 1.37 bits per heavy atom. The summed E-state index contributed by atoms with van der Waals surface area (Å²) < 4.78 is 5.02. The van der Waals surface area contributed by atoms with Crippen LogP contribution >= 0.6 is 11.3 Å². The highest BCUT2D eigenvalue weighted by Gasteiger charge is 2.19. The Bertz CT molecular complexity index is 452. The van der Waals surface area contributed by atoms with Gasteiger partial charge in [0.05, 0.1) is 12.2 Å². The highest BCUT2D eigenvalue weighted by atomic mass is 32.1. The minimum Gasteiger partial charge on any atom is -0.462 e. The van der Waals surface area contributed by atoms with Gasteiger partial charge in [-0.25, -0.2) is 4.79 Å². The van der Waals surface area contributed by atoms with Crippen LogP contribution in [0.5, 0.6) is 0 Å². The minimum atomic E-state index is -0.377. The van der Waals surface area contributed by atoms with E-state index in [1.807, 2.05) is 13.0 Å². The summed E-state index contributed by atoms with van der Waals surface area (Å²) in [5, 5.41) is 3.40. The molecule has 0 aromatic carbocycles. The lowest BCUT2D eigenvalue weighted by Gasteiger charge is -2.05. The molecule has 19 heavy (non-hydrogen) atoms. The van der Waals surface area contributed by atoms with Crippen molar-refractivity contribution in [3.8, 4) is 0 Å². The molecule has 0 saturated heterocycles. The minimum absolute atomic E-state index is 0.0646. The molecule has 0 bridgehead atoms. The number of rotatable bonds is 6. The average molecular weight is 283 g/mol. The van der Waals surface area contributed by atoms with Crippen LogP contribution in [0.25, 0.3) is 0 Å². The van der Waals surface area contributed by atoms with E-state index in [4.69, 9.17) is 4.74 Å². The topological polar surface area (TPSA) is 55.4 Å². The molecule has 0 aliphatic heterocycles. The van der Waals surface area contributed by atoms with Gasteiger partial charge in [0.25, 0.3) is 0 Å². The zero-order valence-electron chi connectivity index (χ0n) is 11.9. The molecule has 0 aliphatic carbocycles. The average Bonchev–Trinajstić information content (AvgIpc) is 2.73. The molecule has 1 rings (SSSR count). The second-order valence-electron chi connectivity index (χ2n) is 4.56. The molecule has 0 saturated carbocycles. The largest absolute Gasteiger partial charge is 0.462 e. The van der Waals surface area contributed by atoms with Crippen LogP contribution in [-0.2, 0) is 9.53 Å². The van der Waals surface area contributed by atoms with Crippen molar-refractivity contribution in [3.05, 3.63) is 16.5 Å². The SMILES string of the molecule is CCCC(=O)Nc1sc(C(C)C)cc1C(=O)OCC. The molecule has 0 aliphatic rings. The van der Waals surface area contributed by atoms with Gasteiger partial charge in [-0.05, 0) is 25.3 Å². The van der Waals surface area contributed by atoms with Crippen LogP contribution in [-0.4, -0.2) is 18.5 Å². The summed E-state index contributed by atoms with van der Waals surface area (Å²) in [7, 11) is 0. The zero-order valence-corrected chi connectivity index (χ0v) is 12.7. The molecular formula is C14H21NO3S. The summed E-state index contributed by atoms with van der Waals surface area (Å²) in [6, 6.07) is 1.81. The van der Waals surface area contributed by atoms with Gasteiger partial charge in [-0.15, -0.1) is 11.3 Å². The van der Waals surface area contributed by atoms with Gasteiger partial charge < -0.3 is 10.1 Å². The van der Waals surface area contributed by atoms with Crippen molar-refractivity contribution >= 4 is 28.2 Å². The first-order valence-corrected chi connectivity index (χ1v) is 7.41. The van der Waals surface area contributed by atoms with E-state index in [1.54, 1.807) is 6.92 Å². The van der Waals surface area contributed by atoms with E-state index < -0.39 is 0 Å². The molecule has 0 unspecified atom stereocenters. The van der Waals surface area contributed by atoms with Gasteiger partial charge in [0.1, 0.15) is 5.00 Å². The lowest BCUT2D eigenvalue weighted by molar-refractivity contribution is -0.116. The van der Waals surface area contributed by atoms with Crippen LogP contribution in [0.2, 0.25) is 0 Å². The maximum absolute atomic E-state index is 11.9. The van der Waals surface area contributed by atoms with Crippen molar-refractivity contribution in [3.63, 3.8) is 0 Å². The molecule has 0 radical (unpaired) electrons. The molecule has 106 valence electrons. The summed E-state index contributed by atoms with van der Waals surface area (Å²) in [5.41, 5.74) is 0.458. The summed E-state index contributed by atoms with van der Waals surface area (Å²) in [5.74, 6) is -0.127. The fourth-order valence-corrected chi connectivity index (χ4v) is 2.63. The van der Waals surface area contributed by atoms with Gasteiger partial charge in [-0.2, -0.15) is 0 Å². The molecular weight excluding hydrogens is 262 g/mol. The second kappa shape index (κ2) is 7.28. The number of anilines is 1. The number of hydrogen-bond donors (Lipinski definition) is 1. The molecule has 1 aromatic heterocycles. The van der Waals surface area contributed by atoms with Gasteiger partial charge >= 0.3 is 5.97 Å². The van der Waals surface area contributed by atoms with E-state index in [0.717, 1.165) is 11.3 Å². The highest BCUT2D eigenvalue weighted by Crippen LogP contribution is 2.33. The van der Waals surface area contributed by atoms with E-state index in [2.05, 4.69) is 19.2 Å². The zero-order chi connectivity index (χ0) is 14.4. The number of nitrogens with one attached hydrogen (secondary N) is 1. The van der Waals surface area contributed by atoms with Crippen LogP contribution in [0.4, 0.5) is 5.00 Å². The maximum Gasteiger partial charge on any atom is 0.341 e. The van der Waals surface area contributed by atoms with Crippen LogP contribution in [0.15, 0.2) is 6.07 Å². The molecule has 1 amide bonds. The van der Waals surface area contributed by atoms with Gasteiger partial charge in [0.2, 0.25) is 5.91 Å². The Balaban J connectivity index is 2.99. The summed E-state index contributed by atoms with van der Waals surface area (Å²) >= 11 is 1.44. The van der Waals surface area contributed by atoms with Crippen LogP contribution in [0, 0.1) is 0 Å². The van der Waals surface area contributed by atoms with Crippen molar-refractivity contribution in [2.45, 2.75) is 46.5 Å². The maximum atomic E-state index is 11.9. The Morgan fingerprint density at radius 2 is 2.05 bits per heavy atom. The normalized spacial score (nSPS) is 10.6. The standard InChI is InChI=1S/C14H21NO3S/c1-5-7-12(16)15-13-10(14(17)18-6-2)8-11(19-13)9(3)4/h8-9H,5-7H2,1-4H3,(H,15,16). The molecule has 4 nitrogen and oxygen atoms in total. The second-order valence-corrected chi connectivity index (χ2v) is 5.65. The third kappa shape index (κ3) is 4.35. The van der Waals surface area contributed by atoms with E-state index in [9.17, 15) is 9.59 Å². The monoisotopic (exact) mass is 283 g/mol. The Kier molecular flexibility index (Phi) is 6.02. The lowest BCUT2D eigenvalue weighted by atomic mass is 10.1. The number of hydrogen-bond acceptors (Lipinski definition) is 4. The van der Waals surface area contributed by atoms with Gasteiger partial charge in [-0.3, -0.25) is 4.79 Å². The summed E-state index contributed by atoms with van der Waals surface area (Å²) in [6.45, 7) is 8.15. The smallest absolute Gasteiger partial charge is 0.341 e. The number of esters is 1. The van der Waals surface area contributed by atoms with Gasteiger partial charge in [0, 0.05) is 11.3 Å². The fourth-order valence-electron chi connectivity index (χ4n) is 1.56. The Labute approximate surface area is 118 Å². The number of ether oxygens (including phenoxy) is 1. The van der Waals surface area contributed by atoms with Gasteiger partial charge in [0.15, 0.2) is 0 Å². The number of carbonyl (C=O) groups is 2. The van der Waals surface area contributed by atoms with Gasteiger partial charge in [-0.1, -0.05) is 20.8 Å². The molecule has 0 spiro atoms. The van der Waals surface area contributed by atoms with Crippen LogP contribution < -0.4 is 5.32 Å². The number of carbonyl (C=O) groups excluding carboxylic acids is 2. The molecule has 5 heteroatoms. The van der Waals surface area contributed by atoms with Crippen LogP contribution in [0.1, 0.15) is 61.7 Å². The van der Waals surface area contributed by atoms with E-state index >= 15 is 0 Å². The molecule has 1 N–H and O–H groups in total. The predicted molar refractivity (Wildman–Crippen MR) is 77.9 cm³/mol.